The number of carbonyl (C=O) groups excluding carboxylic acids is 1. The van der Waals surface area contributed by atoms with E-state index in [9.17, 15) is 4.79 Å². The van der Waals surface area contributed by atoms with Crippen molar-refractivity contribution < 1.29 is 9.32 Å². The van der Waals surface area contributed by atoms with Crippen LogP contribution in [0.15, 0.2) is 46.3 Å². The van der Waals surface area contributed by atoms with Crippen LogP contribution in [0.2, 0.25) is 0 Å². The molecule has 1 amide bonds. The molecule has 0 saturated carbocycles. The lowest BCUT2D eigenvalue weighted by Crippen LogP contribution is -2.49. The first-order chi connectivity index (χ1) is 14.2. The molecule has 7 heteroatoms. The fourth-order valence-electron chi connectivity index (χ4n) is 3.53. The van der Waals surface area contributed by atoms with Crippen LogP contribution < -0.4 is 0 Å². The van der Waals surface area contributed by atoms with Gasteiger partial charge in [0.05, 0.1) is 6.42 Å². The van der Waals surface area contributed by atoms with Crippen LogP contribution in [0.1, 0.15) is 22.8 Å². The minimum atomic E-state index is 0.238. The van der Waals surface area contributed by atoms with Crippen LogP contribution in [0.25, 0.3) is 11.4 Å². The number of amides is 1. The summed E-state index contributed by atoms with van der Waals surface area (Å²) in [7, 11) is 0. The van der Waals surface area contributed by atoms with Gasteiger partial charge in [-0.05, 0) is 31.3 Å². The molecule has 0 N–H and O–H groups in total. The van der Waals surface area contributed by atoms with Crippen molar-refractivity contribution in [2.45, 2.75) is 26.2 Å². The molecule has 1 aliphatic rings. The van der Waals surface area contributed by atoms with Crippen LogP contribution >= 0.6 is 11.3 Å². The summed E-state index contributed by atoms with van der Waals surface area (Å²) in [5.74, 6) is 1.57. The first-order valence-corrected chi connectivity index (χ1v) is 11.0. The van der Waals surface area contributed by atoms with E-state index >= 15 is 0 Å². The quantitative estimate of drug-likeness (QED) is 0.597. The molecule has 1 saturated heterocycles. The SMILES string of the molecule is Cc1ccc(-c2noc(CCCN3CCN(C(=O)Cc4cccs4)CC3)n2)cc1. The molecule has 0 unspecified atom stereocenters. The van der Waals surface area contributed by atoms with Crippen LogP contribution in [0, 0.1) is 6.92 Å². The summed E-state index contributed by atoms with van der Waals surface area (Å²) in [6.07, 6.45) is 2.27. The Bertz CT molecular complexity index is 913. The summed E-state index contributed by atoms with van der Waals surface area (Å²) in [6, 6.07) is 12.2. The number of hydrogen-bond donors (Lipinski definition) is 0. The van der Waals surface area contributed by atoms with Crippen LogP contribution in [-0.4, -0.2) is 58.6 Å². The van der Waals surface area contributed by atoms with Crippen molar-refractivity contribution in [1.82, 2.24) is 19.9 Å². The van der Waals surface area contributed by atoms with E-state index in [4.69, 9.17) is 4.52 Å². The number of thiophene rings is 1. The maximum atomic E-state index is 12.4. The molecule has 0 bridgehead atoms. The highest BCUT2D eigenvalue weighted by molar-refractivity contribution is 7.10. The van der Waals surface area contributed by atoms with Gasteiger partial charge in [0.25, 0.3) is 0 Å². The van der Waals surface area contributed by atoms with Crippen molar-refractivity contribution in [1.29, 1.82) is 0 Å². The van der Waals surface area contributed by atoms with Gasteiger partial charge in [-0.1, -0.05) is 41.1 Å². The second-order valence-corrected chi connectivity index (χ2v) is 8.49. The van der Waals surface area contributed by atoms with Crippen LogP contribution in [0.4, 0.5) is 0 Å². The van der Waals surface area contributed by atoms with Gasteiger partial charge in [0.1, 0.15) is 0 Å². The summed E-state index contributed by atoms with van der Waals surface area (Å²) in [5, 5.41) is 6.12. The van der Waals surface area contributed by atoms with E-state index in [-0.39, 0.29) is 5.91 Å². The number of hydrogen-bond acceptors (Lipinski definition) is 6. The van der Waals surface area contributed by atoms with E-state index in [1.807, 2.05) is 34.5 Å². The zero-order valence-corrected chi connectivity index (χ0v) is 17.5. The lowest BCUT2D eigenvalue weighted by Gasteiger charge is -2.34. The van der Waals surface area contributed by atoms with Crippen LogP contribution in [-0.2, 0) is 17.6 Å². The number of carbonyl (C=O) groups is 1. The Balaban J connectivity index is 1.18. The number of aromatic nitrogens is 2. The Hall–Kier alpha value is -2.51. The molecule has 3 aromatic rings. The van der Waals surface area contributed by atoms with E-state index in [1.54, 1.807) is 11.3 Å². The molecule has 3 heterocycles. The Morgan fingerprint density at radius 3 is 2.66 bits per heavy atom. The van der Waals surface area contributed by atoms with E-state index in [0.717, 1.165) is 56.0 Å². The molecule has 1 aliphatic heterocycles. The minimum Gasteiger partial charge on any atom is -0.340 e. The molecule has 0 radical (unpaired) electrons. The molecule has 4 rings (SSSR count). The Morgan fingerprint density at radius 2 is 1.93 bits per heavy atom. The van der Waals surface area contributed by atoms with E-state index < -0.39 is 0 Å². The maximum absolute atomic E-state index is 12.4. The third-order valence-electron chi connectivity index (χ3n) is 5.27. The summed E-state index contributed by atoms with van der Waals surface area (Å²) in [6.45, 7) is 6.51. The maximum Gasteiger partial charge on any atom is 0.227 e. The topological polar surface area (TPSA) is 62.5 Å². The Kier molecular flexibility index (Phi) is 6.36. The van der Waals surface area contributed by atoms with Crippen molar-refractivity contribution in [3.8, 4) is 11.4 Å². The number of rotatable bonds is 7. The Morgan fingerprint density at radius 1 is 1.14 bits per heavy atom. The lowest BCUT2D eigenvalue weighted by atomic mass is 10.1. The normalized spacial score (nSPS) is 15.0. The molecular weight excluding hydrogens is 384 g/mol. The smallest absolute Gasteiger partial charge is 0.227 e. The second kappa shape index (κ2) is 9.33. The van der Waals surface area contributed by atoms with E-state index in [0.29, 0.717) is 18.1 Å². The molecule has 0 atom stereocenters. The third kappa shape index (κ3) is 5.31. The largest absolute Gasteiger partial charge is 0.340 e. The second-order valence-electron chi connectivity index (χ2n) is 7.46. The van der Waals surface area contributed by atoms with Gasteiger partial charge in [0.15, 0.2) is 0 Å². The van der Waals surface area contributed by atoms with E-state index in [1.165, 1.54) is 5.56 Å². The molecule has 29 heavy (non-hydrogen) atoms. The van der Waals surface area contributed by atoms with Gasteiger partial charge in [0, 0.05) is 43.0 Å². The standard InChI is InChI=1S/C22H26N4O2S/c1-17-6-8-18(9-7-17)22-23-20(28-24-22)5-2-10-25-11-13-26(14-12-25)21(27)16-19-4-3-15-29-19/h3-4,6-9,15H,2,5,10-14,16H2,1H3. The van der Waals surface area contributed by atoms with Crippen molar-refractivity contribution in [2.75, 3.05) is 32.7 Å². The number of piperazine rings is 1. The average molecular weight is 411 g/mol. The summed E-state index contributed by atoms with van der Waals surface area (Å²) < 4.78 is 5.41. The fraction of sp³-hybridized carbons (Fsp3) is 0.409. The number of nitrogens with zero attached hydrogens (tertiary/aromatic N) is 4. The summed E-state index contributed by atoms with van der Waals surface area (Å²) in [5.41, 5.74) is 2.19. The first kappa shape index (κ1) is 19.8. The highest BCUT2D eigenvalue weighted by Crippen LogP contribution is 2.17. The zero-order valence-electron chi connectivity index (χ0n) is 16.7. The van der Waals surface area contributed by atoms with E-state index in [2.05, 4.69) is 34.1 Å². The predicted molar refractivity (Wildman–Crippen MR) is 114 cm³/mol. The van der Waals surface area contributed by atoms with Gasteiger partial charge in [0.2, 0.25) is 17.6 Å². The summed E-state index contributed by atoms with van der Waals surface area (Å²) in [4.78, 5) is 22.4. The van der Waals surface area contributed by atoms with Gasteiger partial charge < -0.3 is 9.42 Å². The summed E-state index contributed by atoms with van der Waals surface area (Å²) >= 11 is 1.65. The van der Waals surface area contributed by atoms with Crippen molar-refractivity contribution in [3.63, 3.8) is 0 Å². The number of aryl methyl sites for hydroxylation is 2. The fourth-order valence-corrected chi connectivity index (χ4v) is 4.22. The minimum absolute atomic E-state index is 0.238. The van der Waals surface area contributed by atoms with Gasteiger partial charge in [-0.15, -0.1) is 11.3 Å². The average Bonchev–Trinajstić information content (AvgIpc) is 3.41. The van der Waals surface area contributed by atoms with Gasteiger partial charge >= 0.3 is 0 Å². The van der Waals surface area contributed by atoms with Crippen molar-refractivity contribution in [3.05, 3.63) is 58.1 Å². The zero-order chi connectivity index (χ0) is 20.1. The van der Waals surface area contributed by atoms with Crippen LogP contribution in [0.5, 0.6) is 0 Å². The van der Waals surface area contributed by atoms with Crippen molar-refractivity contribution >= 4 is 17.2 Å². The number of benzene rings is 1. The molecular formula is C22H26N4O2S. The van der Waals surface area contributed by atoms with Gasteiger partial charge in [-0.2, -0.15) is 4.98 Å². The molecule has 1 aromatic carbocycles. The first-order valence-electron chi connectivity index (χ1n) is 10.1. The molecule has 1 fully saturated rings. The lowest BCUT2D eigenvalue weighted by molar-refractivity contribution is -0.132. The highest BCUT2D eigenvalue weighted by atomic mass is 32.1. The van der Waals surface area contributed by atoms with Crippen LogP contribution in [0.3, 0.4) is 0 Å². The molecule has 2 aromatic heterocycles. The molecule has 0 spiro atoms. The monoisotopic (exact) mass is 410 g/mol. The highest BCUT2D eigenvalue weighted by Gasteiger charge is 2.21. The van der Waals surface area contributed by atoms with Gasteiger partial charge in [-0.3, -0.25) is 9.69 Å². The van der Waals surface area contributed by atoms with Gasteiger partial charge in [-0.25, -0.2) is 0 Å². The molecule has 152 valence electrons. The van der Waals surface area contributed by atoms with Crippen molar-refractivity contribution in [2.24, 2.45) is 0 Å². The molecule has 6 nitrogen and oxygen atoms in total. The predicted octanol–water partition coefficient (Wildman–Crippen LogP) is 3.43. The Labute approximate surface area is 175 Å². The molecule has 0 aliphatic carbocycles. The third-order valence-corrected chi connectivity index (χ3v) is 6.15.